The van der Waals surface area contributed by atoms with Crippen molar-refractivity contribution in [2.75, 3.05) is 18.6 Å². The molecule has 0 spiro atoms. The second kappa shape index (κ2) is 6.82. The molecule has 0 heterocycles. The Hall–Kier alpha value is -0.660. The molecule has 0 rings (SSSR count). The predicted molar refractivity (Wildman–Crippen MR) is 61.6 cm³/mol. The van der Waals surface area contributed by atoms with Crippen molar-refractivity contribution >= 4 is 15.7 Å². The highest BCUT2D eigenvalue weighted by molar-refractivity contribution is 7.90. The van der Waals surface area contributed by atoms with Crippen LogP contribution in [0.15, 0.2) is 0 Å². The Morgan fingerprint density at radius 1 is 1.50 bits per heavy atom. The molecule has 0 aliphatic heterocycles. The Kier molecular flexibility index (Phi) is 6.54. The second-order valence-electron chi connectivity index (χ2n) is 3.83. The van der Waals surface area contributed by atoms with Crippen LogP contribution in [0.1, 0.15) is 19.8 Å². The van der Waals surface area contributed by atoms with Crippen LogP contribution in [0, 0.1) is 0 Å². The molecule has 96 valence electrons. The van der Waals surface area contributed by atoms with Gasteiger partial charge in [0.05, 0.1) is 17.9 Å². The Labute approximate surface area is 96.1 Å². The third-order valence-electron chi connectivity index (χ3n) is 2.12. The van der Waals surface area contributed by atoms with Crippen molar-refractivity contribution in [3.63, 3.8) is 0 Å². The van der Waals surface area contributed by atoms with Gasteiger partial charge in [-0.2, -0.15) is 0 Å². The van der Waals surface area contributed by atoms with Crippen LogP contribution >= 0.6 is 0 Å². The summed E-state index contributed by atoms with van der Waals surface area (Å²) in [7, 11) is -3.10. The first-order chi connectivity index (χ1) is 7.26. The van der Waals surface area contributed by atoms with Crippen molar-refractivity contribution < 1.29 is 18.3 Å². The molecular weight excluding hydrogens is 232 g/mol. The first kappa shape index (κ1) is 15.3. The summed E-state index contributed by atoms with van der Waals surface area (Å²) in [6.07, 6.45) is 1.13. The molecule has 0 fully saturated rings. The summed E-state index contributed by atoms with van der Waals surface area (Å²) in [4.78, 5) is 11.3. The van der Waals surface area contributed by atoms with Crippen molar-refractivity contribution in [3.05, 3.63) is 0 Å². The molecule has 0 aromatic carbocycles. The van der Waals surface area contributed by atoms with E-state index in [0.717, 1.165) is 6.26 Å². The van der Waals surface area contributed by atoms with E-state index in [9.17, 15) is 18.3 Å². The quantitative estimate of drug-likeness (QED) is 0.518. The summed E-state index contributed by atoms with van der Waals surface area (Å²) in [6.45, 7) is 1.93. The standard InChI is InChI=1S/C9H20N2O4S/c1-3-7(12)6-11-9(13)8(10)4-5-16(2,14)15/h7-8,12H,3-6,10H2,1-2H3,(H,11,13). The fraction of sp³-hybridized carbons (Fsp3) is 0.889. The lowest BCUT2D eigenvalue weighted by atomic mass is 10.2. The van der Waals surface area contributed by atoms with Gasteiger partial charge in [-0.3, -0.25) is 4.79 Å². The highest BCUT2D eigenvalue weighted by Gasteiger charge is 2.16. The number of hydrogen-bond donors (Lipinski definition) is 3. The second-order valence-corrected chi connectivity index (χ2v) is 6.09. The SMILES string of the molecule is CCC(O)CNC(=O)C(N)CCS(C)(=O)=O. The number of amides is 1. The first-order valence-corrected chi connectivity index (χ1v) is 7.21. The molecule has 0 bridgehead atoms. The zero-order valence-corrected chi connectivity index (χ0v) is 10.5. The number of carbonyl (C=O) groups is 1. The van der Waals surface area contributed by atoms with Crippen LogP contribution in [-0.2, 0) is 14.6 Å². The van der Waals surface area contributed by atoms with Gasteiger partial charge in [0, 0.05) is 12.8 Å². The van der Waals surface area contributed by atoms with Crippen molar-refractivity contribution in [1.82, 2.24) is 5.32 Å². The van der Waals surface area contributed by atoms with Gasteiger partial charge in [0.15, 0.2) is 0 Å². The lowest BCUT2D eigenvalue weighted by molar-refractivity contribution is -0.122. The van der Waals surface area contributed by atoms with Gasteiger partial charge in [0.1, 0.15) is 9.84 Å². The number of rotatable bonds is 7. The van der Waals surface area contributed by atoms with E-state index in [4.69, 9.17) is 5.73 Å². The fourth-order valence-corrected chi connectivity index (χ4v) is 1.65. The topological polar surface area (TPSA) is 109 Å². The molecule has 0 saturated heterocycles. The average Bonchev–Trinajstić information content (AvgIpc) is 2.20. The molecule has 7 heteroatoms. The van der Waals surface area contributed by atoms with Crippen LogP contribution in [0.25, 0.3) is 0 Å². The summed E-state index contributed by atoms with van der Waals surface area (Å²) >= 11 is 0. The summed E-state index contributed by atoms with van der Waals surface area (Å²) in [5.74, 6) is -0.547. The molecule has 4 N–H and O–H groups in total. The molecule has 2 atom stereocenters. The molecule has 6 nitrogen and oxygen atoms in total. The lowest BCUT2D eigenvalue weighted by Crippen LogP contribution is -2.44. The third kappa shape index (κ3) is 7.61. The van der Waals surface area contributed by atoms with Crippen LogP contribution in [0.4, 0.5) is 0 Å². The summed E-state index contributed by atoms with van der Waals surface area (Å²) in [6, 6.07) is -0.848. The molecular formula is C9H20N2O4S. The van der Waals surface area contributed by atoms with Gasteiger partial charge in [-0.25, -0.2) is 8.42 Å². The van der Waals surface area contributed by atoms with Gasteiger partial charge >= 0.3 is 0 Å². The van der Waals surface area contributed by atoms with E-state index in [0.29, 0.717) is 6.42 Å². The van der Waals surface area contributed by atoms with E-state index in [1.54, 1.807) is 6.92 Å². The number of sulfone groups is 1. The van der Waals surface area contributed by atoms with Crippen molar-refractivity contribution in [3.8, 4) is 0 Å². The number of nitrogens with one attached hydrogen (secondary N) is 1. The molecule has 0 aromatic heterocycles. The molecule has 1 amide bonds. The smallest absolute Gasteiger partial charge is 0.237 e. The molecule has 0 aliphatic rings. The Morgan fingerprint density at radius 2 is 2.06 bits per heavy atom. The zero-order valence-electron chi connectivity index (χ0n) is 9.64. The zero-order chi connectivity index (χ0) is 12.8. The largest absolute Gasteiger partial charge is 0.391 e. The normalized spacial score (nSPS) is 15.5. The highest BCUT2D eigenvalue weighted by atomic mass is 32.2. The summed E-state index contributed by atoms with van der Waals surface area (Å²) in [5.41, 5.74) is 5.49. The minimum absolute atomic E-state index is 0.0902. The van der Waals surface area contributed by atoms with Gasteiger partial charge in [-0.15, -0.1) is 0 Å². The van der Waals surface area contributed by atoms with E-state index >= 15 is 0 Å². The highest BCUT2D eigenvalue weighted by Crippen LogP contribution is 1.94. The van der Waals surface area contributed by atoms with Crippen LogP contribution in [0.5, 0.6) is 0 Å². The minimum atomic E-state index is -3.10. The maximum atomic E-state index is 11.3. The predicted octanol–water partition coefficient (Wildman–Crippen LogP) is -1.36. The maximum Gasteiger partial charge on any atom is 0.237 e. The van der Waals surface area contributed by atoms with Crippen LogP contribution in [0.3, 0.4) is 0 Å². The number of aliphatic hydroxyl groups is 1. The molecule has 2 unspecified atom stereocenters. The molecule has 0 aliphatic carbocycles. The van der Waals surface area contributed by atoms with Crippen molar-refractivity contribution in [2.45, 2.75) is 31.9 Å². The van der Waals surface area contributed by atoms with E-state index in [-0.39, 0.29) is 18.7 Å². The molecule has 0 radical (unpaired) electrons. The molecule has 0 saturated carbocycles. The summed E-state index contributed by atoms with van der Waals surface area (Å²) < 4.78 is 21.7. The molecule has 16 heavy (non-hydrogen) atoms. The fourth-order valence-electron chi connectivity index (χ4n) is 0.966. The first-order valence-electron chi connectivity index (χ1n) is 5.15. The Bertz CT molecular complexity index is 315. The van der Waals surface area contributed by atoms with Crippen LogP contribution in [-0.4, -0.2) is 50.1 Å². The lowest BCUT2D eigenvalue weighted by Gasteiger charge is -2.13. The Morgan fingerprint density at radius 3 is 2.50 bits per heavy atom. The minimum Gasteiger partial charge on any atom is -0.391 e. The number of hydrogen-bond acceptors (Lipinski definition) is 5. The number of nitrogens with two attached hydrogens (primary N) is 1. The van der Waals surface area contributed by atoms with Gasteiger partial charge in [-0.1, -0.05) is 6.92 Å². The Balaban J connectivity index is 3.91. The van der Waals surface area contributed by atoms with Crippen molar-refractivity contribution in [1.29, 1.82) is 0 Å². The molecule has 0 aromatic rings. The average molecular weight is 252 g/mol. The van der Waals surface area contributed by atoms with Gasteiger partial charge < -0.3 is 16.2 Å². The third-order valence-corrected chi connectivity index (χ3v) is 3.10. The van der Waals surface area contributed by atoms with Gasteiger partial charge in [0.2, 0.25) is 5.91 Å². The van der Waals surface area contributed by atoms with Crippen LogP contribution < -0.4 is 11.1 Å². The van der Waals surface area contributed by atoms with Gasteiger partial charge in [0.25, 0.3) is 0 Å². The van der Waals surface area contributed by atoms with Crippen LogP contribution in [0.2, 0.25) is 0 Å². The van der Waals surface area contributed by atoms with E-state index in [1.165, 1.54) is 0 Å². The number of aliphatic hydroxyl groups excluding tert-OH is 1. The summed E-state index contributed by atoms with van der Waals surface area (Å²) in [5, 5.41) is 11.7. The number of carbonyl (C=O) groups excluding carboxylic acids is 1. The van der Waals surface area contributed by atoms with Crippen molar-refractivity contribution in [2.24, 2.45) is 5.73 Å². The van der Waals surface area contributed by atoms with E-state index in [1.807, 2.05) is 0 Å². The van der Waals surface area contributed by atoms with E-state index < -0.39 is 27.9 Å². The monoisotopic (exact) mass is 252 g/mol. The van der Waals surface area contributed by atoms with E-state index in [2.05, 4.69) is 5.32 Å². The maximum absolute atomic E-state index is 11.3. The van der Waals surface area contributed by atoms with Gasteiger partial charge in [-0.05, 0) is 12.8 Å².